The van der Waals surface area contributed by atoms with Crippen molar-refractivity contribution in [1.29, 1.82) is 0 Å². The highest BCUT2D eigenvalue weighted by atomic mass is 32.1. The van der Waals surface area contributed by atoms with Gasteiger partial charge in [0.25, 0.3) is 0 Å². The summed E-state index contributed by atoms with van der Waals surface area (Å²) in [6, 6.07) is 4.32. The highest BCUT2D eigenvalue weighted by Gasteiger charge is 2.17. The molecule has 3 nitrogen and oxygen atoms in total. The van der Waals surface area contributed by atoms with Crippen LogP contribution in [-0.2, 0) is 0 Å². The van der Waals surface area contributed by atoms with Crippen molar-refractivity contribution < 1.29 is 0 Å². The number of nitrogens with two attached hydrogens (primary N) is 1. The van der Waals surface area contributed by atoms with Crippen LogP contribution in [0, 0.1) is 0 Å². The molecule has 1 heterocycles. The Kier molecular flexibility index (Phi) is 2.63. The Morgan fingerprint density at radius 2 is 2.36 bits per heavy atom. The normalized spacial score (nSPS) is 16.0. The van der Waals surface area contributed by atoms with Gasteiger partial charge in [0.05, 0.1) is 0 Å². The quantitative estimate of drug-likeness (QED) is 0.740. The molecule has 1 fully saturated rings. The summed E-state index contributed by atoms with van der Waals surface area (Å²) in [7, 11) is 0. The van der Waals surface area contributed by atoms with Crippen LogP contribution >= 0.6 is 12.2 Å². The molecule has 1 aliphatic rings. The fraction of sp³-hybridized carbons (Fsp3) is 0.400. The van der Waals surface area contributed by atoms with E-state index in [1.807, 2.05) is 12.1 Å². The van der Waals surface area contributed by atoms with Crippen molar-refractivity contribution in [2.24, 2.45) is 5.73 Å². The highest BCUT2D eigenvalue weighted by molar-refractivity contribution is 7.80. The van der Waals surface area contributed by atoms with Crippen LogP contribution in [0.1, 0.15) is 24.8 Å². The van der Waals surface area contributed by atoms with Gasteiger partial charge in [0, 0.05) is 17.8 Å². The van der Waals surface area contributed by atoms with Crippen molar-refractivity contribution in [1.82, 2.24) is 4.98 Å². The van der Waals surface area contributed by atoms with Gasteiger partial charge in [-0.3, -0.25) is 0 Å². The van der Waals surface area contributed by atoms with E-state index >= 15 is 0 Å². The van der Waals surface area contributed by atoms with Crippen LogP contribution in [0.4, 0.5) is 5.82 Å². The van der Waals surface area contributed by atoms with Gasteiger partial charge in [-0.05, 0) is 31.4 Å². The first-order chi connectivity index (χ1) is 6.75. The summed E-state index contributed by atoms with van der Waals surface area (Å²) in [6.45, 7) is 0. The molecule has 0 aliphatic heterocycles. The molecule has 2 rings (SSSR count). The van der Waals surface area contributed by atoms with E-state index in [0.29, 0.717) is 11.0 Å². The predicted octanol–water partition coefficient (Wildman–Crippen LogP) is 1.68. The smallest absolute Gasteiger partial charge is 0.126 e. The molecule has 0 radical (unpaired) electrons. The molecular formula is C10H13N3S. The average molecular weight is 207 g/mol. The van der Waals surface area contributed by atoms with Crippen molar-refractivity contribution in [2.75, 3.05) is 5.32 Å². The molecular weight excluding hydrogens is 194 g/mol. The summed E-state index contributed by atoms with van der Waals surface area (Å²) in [4.78, 5) is 4.64. The zero-order valence-corrected chi connectivity index (χ0v) is 8.68. The van der Waals surface area contributed by atoms with Crippen LogP contribution < -0.4 is 11.1 Å². The Bertz CT molecular complexity index is 347. The van der Waals surface area contributed by atoms with Gasteiger partial charge in [-0.15, -0.1) is 0 Å². The lowest BCUT2D eigenvalue weighted by Crippen LogP contribution is -2.27. The second kappa shape index (κ2) is 3.92. The first-order valence-electron chi connectivity index (χ1n) is 4.78. The minimum Gasteiger partial charge on any atom is -0.389 e. The van der Waals surface area contributed by atoms with Gasteiger partial charge in [0.2, 0.25) is 0 Å². The number of hydrogen-bond donors (Lipinski definition) is 2. The molecule has 1 aromatic rings. The number of anilines is 1. The van der Waals surface area contributed by atoms with Gasteiger partial charge in [-0.25, -0.2) is 4.98 Å². The fourth-order valence-electron chi connectivity index (χ4n) is 1.42. The minimum atomic E-state index is 0.420. The first-order valence-corrected chi connectivity index (χ1v) is 5.19. The SMILES string of the molecule is NC(=S)c1ccnc(NC2CCC2)c1. The number of pyridine rings is 1. The highest BCUT2D eigenvalue weighted by Crippen LogP contribution is 2.22. The van der Waals surface area contributed by atoms with Gasteiger partial charge in [-0.1, -0.05) is 12.2 Å². The zero-order valence-electron chi connectivity index (χ0n) is 7.86. The fourth-order valence-corrected chi connectivity index (χ4v) is 1.55. The van der Waals surface area contributed by atoms with E-state index in [-0.39, 0.29) is 0 Å². The molecule has 4 heteroatoms. The molecule has 74 valence electrons. The molecule has 0 aromatic carbocycles. The summed E-state index contributed by atoms with van der Waals surface area (Å²) in [6.07, 6.45) is 5.51. The topological polar surface area (TPSA) is 50.9 Å². The lowest BCUT2D eigenvalue weighted by Gasteiger charge is -2.26. The maximum atomic E-state index is 5.54. The van der Waals surface area contributed by atoms with Crippen LogP contribution in [0.25, 0.3) is 0 Å². The third-order valence-electron chi connectivity index (χ3n) is 2.50. The summed E-state index contributed by atoms with van der Waals surface area (Å²) in [5.41, 5.74) is 6.41. The molecule has 1 aromatic heterocycles. The first kappa shape index (κ1) is 9.40. The van der Waals surface area contributed by atoms with Crippen LogP contribution in [-0.4, -0.2) is 16.0 Å². The Morgan fingerprint density at radius 3 is 2.93 bits per heavy atom. The maximum Gasteiger partial charge on any atom is 0.126 e. The van der Waals surface area contributed by atoms with E-state index in [0.717, 1.165) is 11.4 Å². The minimum absolute atomic E-state index is 0.420. The van der Waals surface area contributed by atoms with Crippen LogP contribution in [0.2, 0.25) is 0 Å². The van der Waals surface area contributed by atoms with Gasteiger partial charge < -0.3 is 11.1 Å². The largest absolute Gasteiger partial charge is 0.389 e. The molecule has 1 saturated carbocycles. The van der Waals surface area contributed by atoms with E-state index in [1.165, 1.54) is 19.3 Å². The van der Waals surface area contributed by atoms with Gasteiger partial charge in [0.15, 0.2) is 0 Å². The van der Waals surface area contributed by atoms with Gasteiger partial charge in [-0.2, -0.15) is 0 Å². The third-order valence-corrected chi connectivity index (χ3v) is 2.74. The van der Waals surface area contributed by atoms with Crippen molar-refractivity contribution in [3.8, 4) is 0 Å². The van der Waals surface area contributed by atoms with E-state index in [2.05, 4.69) is 10.3 Å². The molecule has 1 aliphatic carbocycles. The second-order valence-corrected chi connectivity index (χ2v) is 4.01. The standard InChI is InChI=1S/C10H13N3S/c11-10(14)7-4-5-12-9(6-7)13-8-2-1-3-8/h4-6,8H,1-3H2,(H2,11,14)(H,12,13). The predicted molar refractivity (Wildman–Crippen MR) is 61.4 cm³/mol. The van der Waals surface area contributed by atoms with E-state index in [9.17, 15) is 0 Å². The number of hydrogen-bond acceptors (Lipinski definition) is 3. The van der Waals surface area contributed by atoms with Crippen molar-refractivity contribution in [2.45, 2.75) is 25.3 Å². The van der Waals surface area contributed by atoms with Crippen LogP contribution in [0.3, 0.4) is 0 Å². The second-order valence-electron chi connectivity index (χ2n) is 3.57. The number of aromatic nitrogens is 1. The molecule has 0 bridgehead atoms. The van der Waals surface area contributed by atoms with Gasteiger partial charge in [0.1, 0.15) is 10.8 Å². The van der Waals surface area contributed by atoms with Crippen molar-refractivity contribution >= 4 is 23.0 Å². The molecule has 3 N–H and O–H groups in total. The van der Waals surface area contributed by atoms with E-state index in [4.69, 9.17) is 18.0 Å². The van der Waals surface area contributed by atoms with E-state index < -0.39 is 0 Å². The number of nitrogens with zero attached hydrogens (tertiary/aromatic N) is 1. The summed E-state index contributed by atoms with van der Waals surface area (Å²) in [5.74, 6) is 0.875. The lowest BCUT2D eigenvalue weighted by atomic mass is 9.93. The van der Waals surface area contributed by atoms with Crippen LogP contribution in [0.5, 0.6) is 0 Å². The maximum absolute atomic E-state index is 5.54. The third kappa shape index (κ3) is 2.01. The number of nitrogens with one attached hydrogen (secondary N) is 1. The molecule has 14 heavy (non-hydrogen) atoms. The number of thiocarbonyl (C=S) groups is 1. The van der Waals surface area contributed by atoms with Crippen molar-refractivity contribution in [3.63, 3.8) is 0 Å². The Balaban J connectivity index is 2.09. The monoisotopic (exact) mass is 207 g/mol. The number of rotatable bonds is 3. The molecule has 0 unspecified atom stereocenters. The van der Waals surface area contributed by atoms with Gasteiger partial charge >= 0.3 is 0 Å². The Hall–Kier alpha value is -1.16. The lowest BCUT2D eigenvalue weighted by molar-refractivity contribution is 0.444. The zero-order chi connectivity index (χ0) is 9.97. The summed E-state index contributed by atoms with van der Waals surface area (Å²) in [5, 5.41) is 3.35. The van der Waals surface area contributed by atoms with Crippen molar-refractivity contribution in [3.05, 3.63) is 23.9 Å². The van der Waals surface area contributed by atoms with E-state index in [1.54, 1.807) is 6.20 Å². The molecule has 0 spiro atoms. The van der Waals surface area contributed by atoms with Crippen LogP contribution in [0.15, 0.2) is 18.3 Å². The molecule has 0 amide bonds. The molecule has 0 saturated heterocycles. The Morgan fingerprint density at radius 1 is 1.57 bits per heavy atom. The average Bonchev–Trinajstić information content (AvgIpc) is 2.12. The summed E-state index contributed by atoms with van der Waals surface area (Å²) >= 11 is 4.90. The Labute approximate surface area is 88.7 Å². The molecule has 0 atom stereocenters. The summed E-state index contributed by atoms with van der Waals surface area (Å²) < 4.78 is 0.